The van der Waals surface area contributed by atoms with Crippen LogP contribution in [0.2, 0.25) is 0 Å². The van der Waals surface area contributed by atoms with Crippen molar-refractivity contribution >= 4 is 27.0 Å². The van der Waals surface area contributed by atoms with Gasteiger partial charge < -0.3 is 5.11 Å². The summed E-state index contributed by atoms with van der Waals surface area (Å²) < 4.78 is 26.8. The number of nitrogens with one attached hydrogen (secondary N) is 1. The summed E-state index contributed by atoms with van der Waals surface area (Å²) in [5, 5.41) is 17.4. The van der Waals surface area contributed by atoms with Crippen molar-refractivity contribution in [2.75, 3.05) is 11.3 Å². The van der Waals surface area contributed by atoms with E-state index in [-0.39, 0.29) is 10.8 Å². The number of thiophene rings is 1. The summed E-state index contributed by atoms with van der Waals surface area (Å²) in [7, 11) is -3.72. The Morgan fingerprint density at radius 2 is 2.10 bits per heavy atom. The minimum atomic E-state index is -3.72. The highest BCUT2D eigenvalue weighted by Crippen LogP contribution is 2.23. The van der Waals surface area contributed by atoms with E-state index in [1.54, 1.807) is 24.3 Å². The molecule has 2 N–H and O–H groups in total. The summed E-state index contributed by atoms with van der Waals surface area (Å²) in [6.45, 7) is -0.262. The number of benzene rings is 1. The SMILES string of the molecule is N#Cc1ccc(S(=O)(=O)Nc2cccc(C#CCO)c2)s1. The normalized spacial score (nSPS) is 10.3. The molecule has 21 heavy (non-hydrogen) atoms. The molecule has 5 nitrogen and oxygen atoms in total. The molecule has 0 aliphatic carbocycles. The van der Waals surface area contributed by atoms with Crippen molar-refractivity contribution in [3.05, 3.63) is 46.8 Å². The summed E-state index contributed by atoms with van der Waals surface area (Å²) in [4.78, 5) is 0.331. The Balaban J connectivity index is 2.26. The van der Waals surface area contributed by atoms with Crippen molar-refractivity contribution in [2.45, 2.75) is 4.21 Å². The highest BCUT2D eigenvalue weighted by Gasteiger charge is 2.17. The Morgan fingerprint density at radius 3 is 2.76 bits per heavy atom. The third kappa shape index (κ3) is 3.83. The molecule has 0 aliphatic heterocycles. The highest BCUT2D eigenvalue weighted by molar-refractivity contribution is 7.94. The molecule has 2 rings (SSSR count). The van der Waals surface area contributed by atoms with E-state index in [2.05, 4.69) is 16.6 Å². The first-order valence-electron chi connectivity index (χ1n) is 5.78. The van der Waals surface area contributed by atoms with Crippen molar-refractivity contribution in [3.63, 3.8) is 0 Å². The first-order chi connectivity index (χ1) is 10.0. The third-order valence-electron chi connectivity index (χ3n) is 2.38. The van der Waals surface area contributed by atoms with E-state index in [4.69, 9.17) is 10.4 Å². The number of aliphatic hydroxyl groups is 1. The van der Waals surface area contributed by atoms with E-state index in [9.17, 15) is 8.42 Å². The molecule has 0 spiro atoms. The number of anilines is 1. The van der Waals surface area contributed by atoms with Crippen LogP contribution in [0.5, 0.6) is 0 Å². The van der Waals surface area contributed by atoms with Crippen LogP contribution in [0.1, 0.15) is 10.4 Å². The van der Waals surface area contributed by atoms with Gasteiger partial charge in [0.25, 0.3) is 10.0 Å². The van der Waals surface area contributed by atoms with Crippen LogP contribution < -0.4 is 4.72 Å². The maximum absolute atomic E-state index is 12.2. The molecule has 1 heterocycles. The van der Waals surface area contributed by atoms with Gasteiger partial charge in [-0.3, -0.25) is 4.72 Å². The summed E-state index contributed by atoms with van der Waals surface area (Å²) >= 11 is 0.905. The van der Waals surface area contributed by atoms with Gasteiger partial charge in [0.1, 0.15) is 21.8 Å². The lowest BCUT2D eigenvalue weighted by Crippen LogP contribution is -2.11. The average Bonchev–Trinajstić information content (AvgIpc) is 2.95. The first kappa shape index (κ1) is 15.1. The number of nitriles is 1. The van der Waals surface area contributed by atoms with E-state index in [1.165, 1.54) is 12.1 Å². The van der Waals surface area contributed by atoms with Crippen LogP contribution in [-0.4, -0.2) is 20.1 Å². The largest absolute Gasteiger partial charge is 0.384 e. The van der Waals surface area contributed by atoms with E-state index in [0.717, 1.165) is 11.3 Å². The van der Waals surface area contributed by atoms with Crippen molar-refractivity contribution in [2.24, 2.45) is 0 Å². The summed E-state index contributed by atoms with van der Waals surface area (Å²) in [6, 6.07) is 11.3. The maximum Gasteiger partial charge on any atom is 0.271 e. The molecule has 1 aromatic heterocycles. The first-order valence-corrected chi connectivity index (χ1v) is 8.07. The zero-order valence-corrected chi connectivity index (χ0v) is 12.3. The van der Waals surface area contributed by atoms with Gasteiger partial charge in [0.15, 0.2) is 0 Å². The van der Waals surface area contributed by atoms with Crippen LogP contribution in [0, 0.1) is 23.2 Å². The second-order valence-corrected chi connectivity index (χ2v) is 6.87. The molecule has 0 bridgehead atoms. The van der Waals surface area contributed by atoms with Gasteiger partial charge >= 0.3 is 0 Å². The molecule has 0 fully saturated rings. The molecule has 106 valence electrons. The van der Waals surface area contributed by atoms with Gasteiger partial charge in [-0.25, -0.2) is 8.42 Å². The average molecular weight is 318 g/mol. The molecule has 0 aliphatic rings. The fraction of sp³-hybridized carbons (Fsp3) is 0.0714. The second kappa shape index (κ2) is 6.42. The lowest BCUT2D eigenvalue weighted by atomic mass is 10.2. The number of hydrogen-bond acceptors (Lipinski definition) is 5. The Kier molecular flexibility index (Phi) is 4.61. The van der Waals surface area contributed by atoms with Gasteiger partial charge in [-0.1, -0.05) is 17.9 Å². The molecule has 2 aromatic rings. The van der Waals surface area contributed by atoms with E-state index >= 15 is 0 Å². The molecule has 0 radical (unpaired) electrons. The van der Waals surface area contributed by atoms with Gasteiger partial charge in [0.05, 0.1) is 5.69 Å². The summed E-state index contributed by atoms with van der Waals surface area (Å²) in [5.74, 6) is 5.19. The van der Waals surface area contributed by atoms with Crippen LogP contribution in [0.15, 0.2) is 40.6 Å². The standard InChI is InChI=1S/C14H10N2O3S2/c15-10-13-6-7-14(20-13)21(18,19)16-12-5-1-3-11(9-12)4-2-8-17/h1,3,5-7,9,16-17H,8H2. The number of hydrogen-bond donors (Lipinski definition) is 2. The topological polar surface area (TPSA) is 90.2 Å². The van der Waals surface area contributed by atoms with Gasteiger partial charge in [0.2, 0.25) is 0 Å². The van der Waals surface area contributed by atoms with Gasteiger partial charge in [0, 0.05) is 5.56 Å². The lowest BCUT2D eigenvalue weighted by molar-refractivity contribution is 0.350. The number of nitrogens with zero attached hydrogens (tertiary/aromatic N) is 1. The molecule has 0 saturated carbocycles. The van der Waals surface area contributed by atoms with Crippen LogP contribution in [0.3, 0.4) is 0 Å². The van der Waals surface area contributed by atoms with Gasteiger partial charge in [-0.2, -0.15) is 5.26 Å². The molecule has 1 aromatic carbocycles. The smallest absolute Gasteiger partial charge is 0.271 e. The Bertz CT molecular complexity index is 852. The predicted molar refractivity (Wildman–Crippen MR) is 80.2 cm³/mol. The minimum absolute atomic E-state index is 0.0749. The van der Waals surface area contributed by atoms with Crippen LogP contribution in [-0.2, 0) is 10.0 Å². The maximum atomic E-state index is 12.2. The zero-order chi connectivity index (χ0) is 15.3. The van der Waals surface area contributed by atoms with Crippen molar-refractivity contribution in [1.29, 1.82) is 5.26 Å². The van der Waals surface area contributed by atoms with E-state index in [0.29, 0.717) is 16.1 Å². The minimum Gasteiger partial charge on any atom is -0.384 e. The van der Waals surface area contributed by atoms with Gasteiger partial charge in [-0.05, 0) is 30.3 Å². The molecular weight excluding hydrogens is 308 g/mol. The second-order valence-electron chi connectivity index (χ2n) is 3.88. The van der Waals surface area contributed by atoms with Gasteiger partial charge in [-0.15, -0.1) is 11.3 Å². The Hall–Kier alpha value is -2.32. The van der Waals surface area contributed by atoms with Crippen LogP contribution >= 0.6 is 11.3 Å². The summed E-state index contributed by atoms with van der Waals surface area (Å²) in [6.07, 6.45) is 0. The molecule has 0 atom stereocenters. The monoisotopic (exact) mass is 318 g/mol. The fourth-order valence-electron chi connectivity index (χ4n) is 1.53. The fourth-order valence-corrected chi connectivity index (χ4v) is 3.68. The molecule has 0 unspecified atom stereocenters. The van der Waals surface area contributed by atoms with Crippen molar-refractivity contribution in [3.8, 4) is 17.9 Å². The zero-order valence-electron chi connectivity index (χ0n) is 10.7. The van der Waals surface area contributed by atoms with Crippen LogP contribution in [0.4, 0.5) is 5.69 Å². The molecule has 7 heteroatoms. The Labute approximate surface area is 126 Å². The predicted octanol–water partition coefficient (Wildman–Crippen LogP) is 1.76. The molecule has 0 saturated heterocycles. The van der Waals surface area contributed by atoms with E-state index in [1.807, 2.05) is 6.07 Å². The number of sulfonamides is 1. The van der Waals surface area contributed by atoms with Crippen LogP contribution in [0.25, 0.3) is 0 Å². The number of rotatable bonds is 3. The number of aliphatic hydroxyl groups excluding tert-OH is 1. The summed E-state index contributed by atoms with van der Waals surface area (Å²) in [5.41, 5.74) is 0.958. The van der Waals surface area contributed by atoms with Crippen molar-refractivity contribution in [1.82, 2.24) is 0 Å². The molecular formula is C14H10N2O3S2. The quantitative estimate of drug-likeness (QED) is 0.844. The third-order valence-corrected chi connectivity index (χ3v) is 5.25. The highest BCUT2D eigenvalue weighted by atomic mass is 32.2. The molecule has 0 amide bonds. The lowest BCUT2D eigenvalue weighted by Gasteiger charge is -2.06. The van der Waals surface area contributed by atoms with E-state index < -0.39 is 10.0 Å². The Morgan fingerprint density at radius 1 is 1.29 bits per heavy atom. The van der Waals surface area contributed by atoms with Crippen molar-refractivity contribution < 1.29 is 13.5 Å².